The van der Waals surface area contributed by atoms with Crippen molar-refractivity contribution in [2.75, 3.05) is 6.54 Å². The number of amides is 1. The molecule has 0 N–H and O–H groups in total. The van der Waals surface area contributed by atoms with Gasteiger partial charge < -0.3 is 4.42 Å². The van der Waals surface area contributed by atoms with Crippen molar-refractivity contribution in [1.82, 2.24) is 4.90 Å². The summed E-state index contributed by atoms with van der Waals surface area (Å²) in [6.45, 7) is 0.583. The van der Waals surface area contributed by atoms with Gasteiger partial charge in [0, 0.05) is 18.2 Å². The summed E-state index contributed by atoms with van der Waals surface area (Å²) in [4.78, 5) is 15.0. The fourth-order valence-electron chi connectivity index (χ4n) is 2.90. The zero-order valence-electron chi connectivity index (χ0n) is 14.5. The molecule has 0 spiro atoms. The molecule has 0 aliphatic carbocycles. The molecule has 0 atom stereocenters. The summed E-state index contributed by atoms with van der Waals surface area (Å²) in [6.07, 6.45) is 2.55. The van der Waals surface area contributed by atoms with Gasteiger partial charge in [0.1, 0.15) is 15.8 Å². The van der Waals surface area contributed by atoms with Crippen LogP contribution >= 0.6 is 24.0 Å². The van der Waals surface area contributed by atoms with Crippen LogP contribution in [0.4, 0.5) is 0 Å². The molecule has 27 heavy (non-hydrogen) atoms. The van der Waals surface area contributed by atoms with E-state index >= 15 is 0 Å². The zero-order chi connectivity index (χ0) is 18.6. The summed E-state index contributed by atoms with van der Waals surface area (Å²) in [5.41, 5.74) is 2.20. The maximum absolute atomic E-state index is 12.7. The third-order valence-electron chi connectivity index (χ3n) is 4.30. The predicted octanol–water partition coefficient (Wildman–Crippen LogP) is 5.39. The van der Waals surface area contributed by atoms with E-state index in [1.165, 1.54) is 17.3 Å². The number of benzene rings is 2. The van der Waals surface area contributed by atoms with Crippen LogP contribution in [0, 0.1) is 0 Å². The Kier molecular flexibility index (Phi) is 5.23. The lowest BCUT2D eigenvalue weighted by Gasteiger charge is -2.14. The number of hydrogen-bond acceptors (Lipinski definition) is 4. The van der Waals surface area contributed by atoms with E-state index < -0.39 is 0 Å². The van der Waals surface area contributed by atoms with Crippen molar-refractivity contribution in [3.8, 4) is 11.3 Å². The molecule has 5 heteroatoms. The molecule has 1 aliphatic rings. The molecule has 2 heterocycles. The van der Waals surface area contributed by atoms with Crippen LogP contribution in [-0.2, 0) is 11.2 Å². The zero-order valence-corrected chi connectivity index (χ0v) is 16.1. The smallest absolute Gasteiger partial charge is 0.266 e. The van der Waals surface area contributed by atoms with Gasteiger partial charge in [-0.1, -0.05) is 84.6 Å². The highest BCUT2D eigenvalue weighted by atomic mass is 32.2. The summed E-state index contributed by atoms with van der Waals surface area (Å²) < 4.78 is 6.47. The van der Waals surface area contributed by atoms with Crippen molar-refractivity contribution in [2.24, 2.45) is 0 Å². The monoisotopic (exact) mass is 391 g/mol. The maximum atomic E-state index is 12.7. The predicted molar refractivity (Wildman–Crippen MR) is 114 cm³/mol. The average Bonchev–Trinajstić information content (AvgIpc) is 3.27. The van der Waals surface area contributed by atoms with Gasteiger partial charge in [-0.2, -0.15) is 0 Å². The molecule has 0 radical (unpaired) electrons. The van der Waals surface area contributed by atoms with Gasteiger partial charge >= 0.3 is 0 Å². The minimum Gasteiger partial charge on any atom is -0.457 e. The normalized spacial score (nSPS) is 15.7. The van der Waals surface area contributed by atoms with Gasteiger partial charge in [0.05, 0.1) is 4.91 Å². The number of furan rings is 1. The molecule has 4 rings (SSSR count). The van der Waals surface area contributed by atoms with E-state index in [9.17, 15) is 4.79 Å². The highest BCUT2D eigenvalue weighted by Gasteiger charge is 2.31. The molecular weight excluding hydrogens is 374 g/mol. The number of rotatable bonds is 5. The van der Waals surface area contributed by atoms with E-state index in [0.717, 1.165) is 17.7 Å². The molecule has 1 aromatic heterocycles. The summed E-state index contributed by atoms with van der Waals surface area (Å²) in [5, 5.41) is 0. The van der Waals surface area contributed by atoms with E-state index in [4.69, 9.17) is 16.6 Å². The average molecular weight is 392 g/mol. The molecule has 0 bridgehead atoms. The third-order valence-corrected chi connectivity index (χ3v) is 5.68. The van der Waals surface area contributed by atoms with Crippen LogP contribution < -0.4 is 0 Å². The molecule has 1 fully saturated rings. The van der Waals surface area contributed by atoms with Gasteiger partial charge in [0.2, 0.25) is 0 Å². The van der Waals surface area contributed by atoms with Gasteiger partial charge in [0.15, 0.2) is 0 Å². The number of carbonyl (C=O) groups is 1. The molecule has 3 aromatic rings. The van der Waals surface area contributed by atoms with Crippen LogP contribution in [0.25, 0.3) is 17.4 Å². The molecule has 134 valence electrons. The first-order valence-corrected chi connectivity index (χ1v) is 9.88. The quantitative estimate of drug-likeness (QED) is 0.431. The highest BCUT2D eigenvalue weighted by molar-refractivity contribution is 8.26. The Labute approximate surface area is 167 Å². The number of carbonyl (C=O) groups excluding carboxylic acids is 1. The van der Waals surface area contributed by atoms with Gasteiger partial charge in [-0.05, 0) is 24.1 Å². The van der Waals surface area contributed by atoms with E-state index in [-0.39, 0.29) is 5.91 Å². The van der Waals surface area contributed by atoms with Gasteiger partial charge in [0.25, 0.3) is 5.91 Å². The minimum atomic E-state index is -0.0569. The van der Waals surface area contributed by atoms with Gasteiger partial charge in [-0.25, -0.2) is 0 Å². The number of thiocarbonyl (C=S) groups is 1. The summed E-state index contributed by atoms with van der Waals surface area (Å²) >= 11 is 6.73. The second-order valence-corrected chi connectivity index (χ2v) is 7.81. The minimum absolute atomic E-state index is 0.0569. The second kappa shape index (κ2) is 7.94. The van der Waals surface area contributed by atoms with Crippen molar-refractivity contribution < 1.29 is 9.21 Å². The molecule has 0 saturated carbocycles. The Morgan fingerprint density at radius 1 is 0.963 bits per heavy atom. The SMILES string of the molecule is O=C1/C(=C\c2ccc(-c3ccccc3)o2)SC(=S)N1CCc1ccccc1. The Morgan fingerprint density at radius 3 is 2.41 bits per heavy atom. The molecule has 1 saturated heterocycles. The summed E-state index contributed by atoms with van der Waals surface area (Å²) in [7, 11) is 0. The Hall–Kier alpha value is -2.63. The van der Waals surface area contributed by atoms with Gasteiger partial charge in [-0.15, -0.1) is 0 Å². The lowest BCUT2D eigenvalue weighted by atomic mass is 10.1. The van der Waals surface area contributed by atoms with Crippen LogP contribution in [0.1, 0.15) is 11.3 Å². The first kappa shape index (κ1) is 17.8. The standard InChI is InChI=1S/C22H17NO2S2/c24-21-20(15-18-11-12-19(25-18)17-9-5-2-6-10-17)27-22(26)23(21)14-13-16-7-3-1-4-8-16/h1-12,15H,13-14H2/b20-15+. The van der Waals surface area contributed by atoms with E-state index in [1.807, 2.05) is 60.7 Å². The van der Waals surface area contributed by atoms with E-state index in [1.54, 1.807) is 11.0 Å². The number of hydrogen-bond donors (Lipinski definition) is 0. The van der Waals surface area contributed by atoms with Crippen molar-refractivity contribution in [1.29, 1.82) is 0 Å². The lowest BCUT2D eigenvalue weighted by Crippen LogP contribution is -2.30. The van der Waals surface area contributed by atoms with Crippen LogP contribution in [0.2, 0.25) is 0 Å². The van der Waals surface area contributed by atoms with Crippen molar-refractivity contribution >= 4 is 40.3 Å². The van der Waals surface area contributed by atoms with Crippen molar-refractivity contribution in [3.63, 3.8) is 0 Å². The van der Waals surface area contributed by atoms with Crippen molar-refractivity contribution in [3.05, 3.63) is 89.0 Å². The lowest BCUT2D eigenvalue weighted by molar-refractivity contribution is -0.122. The Balaban J connectivity index is 1.47. The fourth-order valence-corrected chi connectivity index (χ4v) is 4.18. The van der Waals surface area contributed by atoms with Crippen LogP contribution in [0.15, 0.2) is 82.1 Å². The highest BCUT2D eigenvalue weighted by Crippen LogP contribution is 2.33. The maximum Gasteiger partial charge on any atom is 0.266 e. The molecule has 1 amide bonds. The van der Waals surface area contributed by atoms with E-state index in [2.05, 4.69) is 12.1 Å². The van der Waals surface area contributed by atoms with Crippen molar-refractivity contribution in [2.45, 2.75) is 6.42 Å². The first-order valence-electron chi connectivity index (χ1n) is 8.65. The molecule has 2 aromatic carbocycles. The van der Waals surface area contributed by atoms with Crippen LogP contribution in [0.5, 0.6) is 0 Å². The fraction of sp³-hybridized carbons (Fsp3) is 0.0909. The van der Waals surface area contributed by atoms with Gasteiger partial charge in [-0.3, -0.25) is 9.69 Å². The number of nitrogens with zero attached hydrogens (tertiary/aromatic N) is 1. The number of thioether (sulfide) groups is 1. The van der Waals surface area contributed by atoms with Crippen LogP contribution in [0.3, 0.4) is 0 Å². The first-order chi connectivity index (χ1) is 13.2. The van der Waals surface area contributed by atoms with E-state index in [0.29, 0.717) is 21.5 Å². The molecule has 3 nitrogen and oxygen atoms in total. The molecule has 0 unspecified atom stereocenters. The summed E-state index contributed by atoms with van der Waals surface area (Å²) in [5.74, 6) is 1.37. The van der Waals surface area contributed by atoms with Crippen LogP contribution in [-0.4, -0.2) is 21.7 Å². The molecule has 1 aliphatic heterocycles. The largest absolute Gasteiger partial charge is 0.457 e. The topological polar surface area (TPSA) is 33.5 Å². The Morgan fingerprint density at radius 2 is 1.67 bits per heavy atom. The summed E-state index contributed by atoms with van der Waals surface area (Å²) in [6, 6.07) is 23.8. The molecular formula is C22H17NO2S2. The third kappa shape index (κ3) is 4.04. The Bertz CT molecular complexity index is 993. The second-order valence-electron chi connectivity index (χ2n) is 6.14.